The van der Waals surface area contributed by atoms with Crippen LogP contribution >= 0.6 is 16.1 Å². The summed E-state index contributed by atoms with van der Waals surface area (Å²) in [6.07, 6.45) is 5.86. The average Bonchev–Trinajstić information content (AvgIpc) is 2.45. The summed E-state index contributed by atoms with van der Waals surface area (Å²) in [4.78, 5) is 0. The third kappa shape index (κ3) is 3.15. The van der Waals surface area contributed by atoms with Gasteiger partial charge in [-0.05, 0) is 18.8 Å². The van der Waals surface area contributed by atoms with Gasteiger partial charge in [0, 0.05) is 6.54 Å². The summed E-state index contributed by atoms with van der Waals surface area (Å²) in [6, 6.07) is 0. The lowest BCUT2D eigenvalue weighted by atomic mass is 10.1. The molecule has 4 heteroatoms. The molecule has 0 spiro atoms. The summed E-state index contributed by atoms with van der Waals surface area (Å²) in [5.41, 5.74) is 0. The molecule has 82 valence electrons. The van der Waals surface area contributed by atoms with Gasteiger partial charge in [-0.2, -0.15) is 5.10 Å². The summed E-state index contributed by atoms with van der Waals surface area (Å²) in [5, 5.41) is 6.55. The van der Waals surface area contributed by atoms with Gasteiger partial charge in [0.25, 0.3) is 0 Å². The second-order valence-electron chi connectivity index (χ2n) is 4.20. The van der Waals surface area contributed by atoms with Crippen molar-refractivity contribution in [2.24, 2.45) is 11.0 Å². The molecule has 1 aliphatic heterocycles. The second kappa shape index (κ2) is 5.59. The maximum absolute atomic E-state index is 4.38. The molecule has 0 aromatic heterocycles. The van der Waals surface area contributed by atoms with Crippen LogP contribution in [0.4, 0.5) is 0 Å². The Morgan fingerprint density at radius 1 is 1.50 bits per heavy atom. The van der Waals surface area contributed by atoms with Crippen LogP contribution in [0.2, 0.25) is 0 Å². The lowest BCUT2D eigenvalue weighted by Crippen LogP contribution is -2.36. The zero-order valence-electron chi connectivity index (χ0n) is 9.28. The number of rotatable bonds is 5. The van der Waals surface area contributed by atoms with Crippen molar-refractivity contribution in [2.75, 3.05) is 6.54 Å². The normalized spacial score (nSPS) is 21.4. The maximum Gasteiger partial charge on any atom is 0.130 e. The fraction of sp³-hybridized carbons (Fsp3) is 0.900. The number of halogens is 1. The van der Waals surface area contributed by atoms with Gasteiger partial charge in [-0.15, -0.1) is 0 Å². The standard InChI is InChI=1S/C10H20BrN3/c1-4-5-6-14-10(7-9(2)3)13(11)8-12-14/h8-10H,4-7H2,1-3H3. The molecule has 0 amide bonds. The number of unbranched alkanes of at least 4 members (excludes halogenated alkanes) is 1. The second-order valence-corrected chi connectivity index (χ2v) is 5.02. The average molecular weight is 262 g/mol. The van der Waals surface area contributed by atoms with E-state index in [0.29, 0.717) is 12.1 Å². The molecule has 3 nitrogen and oxygen atoms in total. The SMILES string of the molecule is CCCCN1N=CN(Br)C1CC(C)C. The molecule has 1 aliphatic rings. The molecule has 0 aliphatic carbocycles. The topological polar surface area (TPSA) is 18.8 Å². The van der Waals surface area contributed by atoms with Crippen molar-refractivity contribution < 1.29 is 0 Å². The third-order valence-electron chi connectivity index (χ3n) is 2.36. The number of nitrogens with zero attached hydrogens (tertiary/aromatic N) is 3. The van der Waals surface area contributed by atoms with Gasteiger partial charge in [-0.3, -0.25) is 8.93 Å². The summed E-state index contributed by atoms with van der Waals surface area (Å²) in [7, 11) is 0. The Morgan fingerprint density at radius 2 is 2.21 bits per heavy atom. The van der Waals surface area contributed by atoms with E-state index >= 15 is 0 Å². The first-order chi connectivity index (χ1) is 6.65. The summed E-state index contributed by atoms with van der Waals surface area (Å²) in [6.45, 7) is 7.77. The smallest absolute Gasteiger partial charge is 0.130 e. The lowest BCUT2D eigenvalue weighted by molar-refractivity contribution is 0.155. The number of hydrogen-bond acceptors (Lipinski definition) is 3. The fourth-order valence-electron chi connectivity index (χ4n) is 1.57. The van der Waals surface area contributed by atoms with Crippen LogP contribution < -0.4 is 0 Å². The first-order valence-corrected chi connectivity index (χ1v) is 6.11. The molecule has 0 saturated carbocycles. The molecular weight excluding hydrogens is 242 g/mol. The fourth-order valence-corrected chi connectivity index (χ4v) is 2.03. The van der Waals surface area contributed by atoms with Crippen LogP contribution in [-0.2, 0) is 0 Å². The Bertz CT molecular complexity index is 194. The van der Waals surface area contributed by atoms with E-state index in [1.54, 1.807) is 0 Å². The Hall–Kier alpha value is -0.250. The van der Waals surface area contributed by atoms with Crippen LogP contribution in [0.5, 0.6) is 0 Å². The third-order valence-corrected chi connectivity index (χ3v) is 3.02. The Kier molecular flexibility index (Phi) is 4.72. The summed E-state index contributed by atoms with van der Waals surface area (Å²) < 4.78 is 2.03. The van der Waals surface area contributed by atoms with E-state index in [1.807, 2.05) is 10.3 Å². The molecule has 14 heavy (non-hydrogen) atoms. The maximum atomic E-state index is 4.38. The molecule has 1 unspecified atom stereocenters. The highest BCUT2D eigenvalue weighted by atomic mass is 79.9. The van der Waals surface area contributed by atoms with Gasteiger partial charge >= 0.3 is 0 Å². The van der Waals surface area contributed by atoms with E-state index in [9.17, 15) is 0 Å². The van der Waals surface area contributed by atoms with Crippen molar-refractivity contribution in [2.45, 2.75) is 46.2 Å². The van der Waals surface area contributed by atoms with Gasteiger partial charge in [0.05, 0.1) is 16.1 Å². The molecule has 1 heterocycles. The molecule has 1 rings (SSSR count). The van der Waals surface area contributed by atoms with Crippen molar-refractivity contribution in [1.29, 1.82) is 0 Å². The number of hydrogen-bond donors (Lipinski definition) is 0. The van der Waals surface area contributed by atoms with Gasteiger partial charge < -0.3 is 0 Å². The minimum Gasteiger partial charge on any atom is -0.274 e. The monoisotopic (exact) mass is 261 g/mol. The zero-order chi connectivity index (χ0) is 10.6. The van der Waals surface area contributed by atoms with E-state index in [1.165, 1.54) is 12.8 Å². The molecule has 0 saturated heterocycles. The minimum atomic E-state index is 0.404. The summed E-state index contributed by atoms with van der Waals surface area (Å²) >= 11 is 3.51. The Balaban J connectivity index is 2.43. The van der Waals surface area contributed by atoms with Crippen molar-refractivity contribution >= 4 is 22.5 Å². The Morgan fingerprint density at radius 3 is 2.79 bits per heavy atom. The van der Waals surface area contributed by atoms with Gasteiger partial charge in [0.1, 0.15) is 12.5 Å². The number of hydrazone groups is 1. The highest BCUT2D eigenvalue weighted by molar-refractivity contribution is 9.07. The predicted octanol–water partition coefficient (Wildman–Crippen LogP) is 3.03. The van der Waals surface area contributed by atoms with Crippen LogP contribution in [-0.4, -0.2) is 28.0 Å². The Labute approximate surface area is 95.5 Å². The molecule has 0 aromatic rings. The quantitative estimate of drug-likeness (QED) is 0.709. The summed E-state index contributed by atoms with van der Waals surface area (Å²) in [5.74, 6) is 0.700. The van der Waals surface area contributed by atoms with Gasteiger partial charge in [0.2, 0.25) is 0 Å². The van der Waals surface area contributed by atoms with Crippen LogP contribution in [0.15, 0.2) is 5.10 Å². The minimum absolute atomic E-state index is 0.404. The largest absolute Gasteiger partial charge is 0.274 e. The first kappa shape index (κ1) is 11.8. The van der Waals surface area contributed by atoms with E-state index in [-0.39, 0.29) is 0 Å². The van der Waals surface area contributed by atoms with Crippen molar-refractivity contribution in [3.8, 4) is 0 Å². The molecule has 0 radical (unpaired) electrons. The molecule has 0 bridgehead atoms. The molecular formula is C10H20BrN3. The van der Waals surface area contributed by atoms with Gasteiger partial charge in [0.15, 0.2) is 0 Å². The van der Waals surface area contributed by atoms with E-state index in [0.717, 1.165) is 13.0 Å². The highest BCUT2D eigenvalue weighted by Gasteiger charge is 2.26. The van der Waals surface area contributed by atoms with Gasteiger partial charge in [-0.25, -0.2) is 0 Å². The molecule has 1 atom stereocenters. The van der Waals surface area contributed by atoms with E-state index < -0.39 is 0 Å². The van der Waals surface area contributed by atoms with Gasteiger partial charge in [-0.1, -0.05) is 27.2 Å². The van der Waals surface area contributed by atoms with Crippen LogP contribution in [0.3, 0.4) is 0 Å². The molecule has 0 aromatic carbocycles. The van der Waals surface area contributed by atoms with Crippen molar-refractivity contribution in [1.82, 2.24) is 8.93 Å². The predicted molar refractivity (Wildman–Crippen MR) is 64.1 cm³/mol. The molecule has 0 fully saturated rings. The van der Waals surface area contributed by atoms with E-state index in [2.05, 4.69) is 47.0 Å². The zero-order valence-corrected chi connectivity index (χ0v) is 10.9. The first-order valence-electron chi connectivity index (χ1n) is 5.40. The van der Waals surface area contributed by atoms with Crippen molar-refractivity contribution in [3.63, 3.8) is 0 Å². The lowest BCUT2D eigenvalue weighted by Gasteiger charge is -2.28. The van der Waals surface area contributed by atoms with Crippen LogP contribution in [0.25, 0.3) is 0 Å². The van der Waals surface area contributed by atoms with E-state index in [4.69, 9.17) is 0 Å². The van der Waals surface area contributed by atoms with Crippen LogP contribution in [0, 0.1) is 5.92 Å². The van der Waals surface area contributed by atoms with Crippen molar-refractivity contribution in [3.05, 3.63) is 0 Å². The van der Waals surface area contributed by atoms with Crippen LogP contribution in [0.1, 0.15) is 40.0 Å². The molecule has 0 N–H and O–H groups in total. The highest BCUT2D eigenvalue weighted by Crippen LogP contribution is 2.22.